The molecule has 2 amide bonds. The minimum absolute atomic E-state index is 0.0692. The fourth-order valence-corrected chi connectivity index (χ4v) is 1.93. The molecule has 0 radical (unpaired) electrons. The van der Waals surface area contributed by atoms with E-state index in [9.17, 15) is 24.3 Å². The molecule has 1 rings (SSSR count). The molecule has 10 nitrogen and oxygen atoms in total. The average molecular weight is 379 g/mol. The van der Waals surface area contributed by atoms with Crippen LogP contribution in [0.3, 0.4) is 0 Å². The third-order valence-electron chi connectivity index (χ3n) is 3.40. The lowest BCUT2D eigenvalue weighted by atomic mass is 10.1. The van der Waals surface area contributed by atoms with Crippen molar-refractivity contribution in [3.63, 3.8) is 0 Å². The first-order valence-electron chi connectivity index (χ1n) is 7.83. The number of phenols is 1. The highest BCUT2D eigenvalue weighted by molar-refractivity contribution is 5.95. The second-order valence-electron chi connectivity index (χ2n) is 5.48. The molecule has 146 valence electrons. The molecule has 0 saturated heterocycles. The lowest BCUT2D eigenvalue weighted by Gasteiger charge is -2.18. The van der Waals surface area contributed by atoms with Crippen molar-refractivity contribution in [2.45, 2.75) is 18.5 Å². The Morgan fingerprint density at radius 3 is 2.37 bits per heavy atom. The molecule has 10 heteroatoms. The molecule has 0 spiro atoms. The second kappa shape index (κ2) is 10.6. The molecule has 0 fully saturated rings. The number of nitrogens with one attached hydrogen (secondary N) is 2. The minimum Gasteiger partial charge on any atom is -0.508 e. The highest BCUT2D eigenvalue weighted by atomic mass is 16.5. The zero-order chi connectivity index (χ0) is 20.4. The number of amides is 2. The number of carbonyl (C=O) groups excluding carboxylic acids is 3. The number of esters is 1. The van der Waals surface area contributed by atoms with Gasteiger partial charge in [0.15, 0.2) is 0 Å². The van der Waals surface area contributed by atoms with E-state index in [0.717, 1.165) is 19.3 Å². The first-order chi connectivity index (χ1) is 12.7. The standard InChI is InChI=1S/C17H21N3O7/c1-27-15(23)7-6-14(22)19-9-13(17(25)26)20-16(24)12(18)8-10-2-4-11(21)5-3-10/h2-7,12-13,21H,8-9,18H2,1H3,(H,19,22)(H,20,24)(H,25,26)/b7-6+/t12-,13+/m0/s1. The van der Waals surface area contributed by atoms with Crippen LogP contribution in [-0.4, -0.2) is 59.7 Å². The van der Waals surface area contributed by atoms with Gasteiger partial charge in [0.25, 0.3) is 0 Å². The summed E-state index contributed by atoms with van der Waals surface area (Å²) in [5.41, 5.74) is 6.45. The van der Waals surface area contributed by atoms with Crippen molar-refractivity contribution < 1.29 is 34.1 Å². The van der Waals surface area contributed by atoms with Crippen LogP contribution in [0.2, 0.25) is 0 Å². The van der Waals surface area contributed by atoms with E-state index in [2.05, 4.69) is 15.4 Å². The van der Waals surface area contributed by atoms with Gasteiger partial charge in [-0.05, 0) is 24.1 Å². The molecule has 6 N–H and O–H groups in total. The van der Waals surface area contributed by atoms with Crippen molar-refractivity contribution in [1.29, 1.82) is 0 Å². The monoisotopic (exact) mass is 379 g/mol. The number of phenolic OH excluding ortho intramolecular Hbond substituents is 1. The maximum absolute atomic E-state index is 12.1. The Kier molecular flexibility index (Phi) is 8.46. The number of benzene rings is 1. The summed E-state index contributed by atoms with van der Waals surface area (Å²) in [4.78, 5) is 45.7. The SMILES string of the molecule is COC(=O)/C=C/C(=O)NC[C@@H](NC(=O)[C@@H](N)Cc1ccc(O)cc1)C(=O)O. The summed E-state index contributed by atoms with van der Waals surface area (Å²) in [5, 5.41) is 22.9. The molecule has 0 saturated carbocycles. The predicted octanol–water partition coefficient (Wildman–Crippen LogP) is -1.32. The van der Waals surface area contributed by atoms with Crippen molar-refractivity contribution in [3.8, 4) is 5.75 Å². The van der Waals surface area contributed by atoms with Crippen LogP contribution < -0.4 is 16.4 Å². The molecule has 0 aliphatic heterocycles. The van der Waals surface area contributed by atoms with Crippen molar-refractivity contribution in [1.82, 2.24) is 10.6 Å². The molecule has 1 aromatic rings. The van der Waals surface area contributed by atoms with Gasteiger partial charge in [0.2, 0.25) is 11.8 Å². The Hall–Kier alpha value is -3.40. The smallest absolute Gasteiger partial charge is 0.330 e. The lowest BCUT2D eigenvalue weighted by molar-refractivity contribution is -0.142. The molecule has 27 heavy (non-hydrogen) atoms. The van der Waals surface area contributed by atoms with Gasteiger partial charge < -0.3 is 31.3 Å². The van der Waals surface area contributed by atoms with E-state index in [0.29, 0.717) is 5.56 Å². The van der Waals surface area contributed by atoms with Gasteiger partial charge in [-0.1, -0.05) is 12.1 Å². The lowest BCUT2D eigenvalue weighted by Crippen LogP contribution is -2.53. The minimum atomic E-state index is -1.40. The van der Waals surface area contributed by atoms with Crippen molar-refractivity contribution >= 4 is 23.8 Å². The van der Waals surface area contributed by atoms with Crippen LogP contribution in [0, 0.1) is 0 Å². The Morgan fingerprint density at radius 2 is 1.81 bits per heavy atom. The maximum atomic E-state index is 12.1. The number of hydrogen-bond acceptors (Lipinski definition) is 7. The molecule has 0 aromatic heterocycles. The summed E-state index contributed by atoms with van der Waals surface area (Å²) < 4.78 is 4.31. The van der Waals surface area contributed by atoms with Crippen molar-refractivity contribution in [2.75, 3.05) is 13.7 Å². The number of carbonyl (C=O) groups is 4. The van der Waals surface area contributed by atoms with Gasteiger partial charge in [0, 0.05) is 18.7 Å². The van der Waals surface area contributed by atoms with E-state index in [-0.39, 0.29) is 12.2 Å². The number of carboxylic acid groups (broad SMARTS) is 1. The molecule has 0 aliphatic carbocycles. The number of carboxylic acids is 1. The van der Waals surface area contributed by atoms with E-state index in [1.165, 1.54) is 12.1 Å². The van der Waals surface area contributed by atoms with Gasteiger partial charge in [-0.25, -0.2) is 9.59 Å². The van der Waals surface area contributed by atoms with Crippen LogP contribution in [0.15, 0.2) is 36.4 Å². The Labute approximate surface area is 155 Å². The van der Waals surface area contributed by atoms with Gasteiger partial charge in [0.05, 0.1) is 13.2 Å². The van der Waals surface area contributed by atoms with Crippen LogP contribution >= 0.6 is 0 Å². The van der Waals surface area contributed by atoms with Gasteiger partial charge in [0.1, 0.15) is 11.8 Å². The van der Waals surface area contributed by atoms with E-state index >= 15 is 0 Å². The normalized spacial score (nSPS) is 12.8. The molecule has 1 aromatic carbocycles. The van der Waals surface area contributed by atoms with Gasteiger partial charge in [-0.2, -0.15) is 0 Å². The zero-order valence-electron chi connectivity index (χ0n) is 14.5. The summed E-state index contributed by atoms with van der Waals surface area (Å²) in [5.74, 6) is -3.48. The Balaban J connectivity index is 2.57. The number of hydrogen-bond donors (Lipinski definition) is 5. The second-order valence-corrected chi connectivity index (χ2v) is 5.48. The van der Waals surface area contributed by atoms with Crippen LogP contribution in [0.1, 0.15) is 5.56 Å². The van der Waals surface area contributed by atoms with Crippen LogP contribution in [0.4, 0.5) is 0 Å². The third kappa shape index (κ3) is 8.01. The zero-order valence-corrected chi connectivity index (χ0v) is 14.5. The summed E-state index contributed by atoms with van der Waals surface area (Å²) in [6.45, 7) is -0.405. The molecular formula is C17H21N3O7. The third-order valence-corrected chi connectivity index (χ3v) is 3.40. The topological polar surface area (TPSA) is 168 Å². The van der Waals surface area contributed by atoms with Crippen molar-refractivity contribution in [3.05, 3.63) is 42.0 Å². The van der Waals surface area contributed by atoms with Gasteiger partial charge in [-0.3, -0.25) is 9.59 Å². The fourth-order valence-electron chi connectivity index (χ4n) is 1.93. The van der Waals surface area contributed by atoms with Gasteiger partial charge >= 0.3 is 11.9 Å². The molecule has 0 heterocycles. The number of aromatic hydroxyl groups is 1. The summed E-state index contributed by atoms with van der Waals surface area (Å²) in [6.07, 6.45) is 1.88. The number of aliphatic carboxylic acids is 1. The number of rotatable bonds is 9. The number of methoxy groups -OCH3 is 1. The fraction of sp³-hybridized carbons (Fsp3) is 0.294. The molecule has 0 aliphatic rings. The van der Waals surface area contributed by atoms with E-state index in [1.54, 1.807) is 12.1 Å². The quantitative estimate of drug-likeness (QED) is 0.260. The number of ether oxygens (including phenoxy) is 1. The largest absolute Gasteiger partial charge is 0.508 e. The van der Waals surface area contributed by atoms with Crippen LogP contribution in [-0.2, 0) is 30.3 Å². The summed E-state index contributed by atoms with van der Waals surface area (Å²) >= 11 is 0. The highest BCUT2D eigenvalue weighted by Gasteiger charge is 2.23. The van der Waals surface area contributed by atoms with Crippen molar-refractivity contribution in [2.24, 2.45) is 5.73 Å². The van der Waals surface area contributed by atoms with Crippen LogP contribution in [0.25, 0.3) is 0 Å². The van der Waals surface area contributed by atoms with E-state index in [4.69, 9.17) is 10.8 Å². The van der Waals surface area contributed by atoms with Gasteiger partial charge in [-0.15, -0.1) is 0 Å². The molecule has 0 unspecified atom stereocenters. The first-order valence-corrected chi connectivity index (χ1v) is 7.83. The van der Waals surface area contributed by atoms with E-state index in [1.807, 2.05) is 0 Å². The first kappa shape index (κ1) is 21.6. The summed E-state index contributed by atoms with van der Waals surface area (Å²) in [6, 6.07) is 3.63. The summed E-state index contributed by atoms with van der Waals surface area (Å²) in [7, 11) is 1.14. The Morgan fingerprint density at radius 1 is 1.19 bits per heavy atom. The molecule has 0 bridgehead atoms. The average Bonchev–Trinajstić information content (AvgIpc) is 2.64. The predicted molar refractivity (Wildman–Crippen MR) is 93.5 cm³/mol. The van der Waals surface area contributed by atoms with Crippen LogP contribution in [0.5, 0.6) is 5.75 Å². The highest BCUT2D eigenvalue weighted by Crippen LogP contribution is 2.10. The maximum Gasteiger partial charge on any atom is 0.330 e. The number of nitrogens with two attached hydrogens (primary N) is 1. The Bertz CT molecular complexity index is 716. The molecule has 2 atom stereocenters. The molecular weight excluding hydrogens is 358 g/mol. The van der Waals surface area contributed by atoms with E-state index < -0.39 is 42.4 Å².